The molecule has 0 atom stereocenters. The third-order valence-corrected chi connectivity index (χ3v) is 5.92. The Labute approximate surface area is 165 Å². The highest BCUT2D eigenvalue weighted by Gasteiger charge is 2.33. The average Bonchev–Trinajstić information content (AvgIpc) is 2.84. The normalized spacial score (nSPS) is 16.7. The second-order valence-corrected chi connectivity index (χ2v) is 9.33. The fraction of sp³-hybridized carbons (Fsp3) is 0.273. The van der Waals surface area contributed by atoms with Gasteiger partial charge in [-0.1, -0.05) is 75.1 Å². The van der Waals surface area contributed by atoms with Crippen molar-refractivity contribution in [1.82, 2.24) is 0 Å². The SMILES string of the molecule is Cc1ccc(N2C(=O)/C(=C/c3ccc(C(C)(C)C)cc3)SC2=S)cc1C. The lowest BCUT2D eigenvalue weighted by Gasteiger charge is -2.18. The van der Waals surface area contributed by atoms with Crippen LogP contribution in [0.15, 0.2) is 47.4 Å². The van der Waals surface area contributed by atoms with Crippen molar-refractivity contribution in [1.29, 1.82) is 0 Å². The van der Waals surface area contributed by atoms with Crippen molar-refractivity contribution in [2.24, 2.45) is 0 Å². The Hall–Kier alpha value is -1.91. The van der Waals surface area contributed by atoms with Gasteiger partial charge in [-0.15, -0.1) is 0 Å². The Balaban J connectivity index is 1.88. The molecule has 2 nitrogen and oxygen atoms in total. The van der Waals surface area contributed by atoms with Gasteiger partial charge in [-0.25, -0.2) is 0 Å². The van der Waals surface area contributed by atoms with E-state index in [0.717, 1.165) is 16.8 Å². The summed E-state index contributed by atoms with van der Waals surface area (Å²) in [5.74, 6) is -0.0526. The lowest BCUT2D eigenvalue weighted by molar-refractivity contribution is -0.113. The molecular weight excluding hydrogens is 358 g/mol. The number of amides is 1. The Morgan fingerprint density at radius 3 is 2.23 bits per heavy atom. The van der Waals surface area contributed by atoms with Crippen molar-refractivity contribution in [2.75, 3.05) is 4.90 Å². The lowest BCUT2D eigenvalue weighted by Crippen LogP contribution is -2.27. The van der Waals surface area contributed by atoms with E-state index in [1.165, 1.54) is 22.9 Å². The van der Waals surface area contributed by atoms with Crippen LogP contribution in [0.3, 0.4) is 0 Å². The average molecular weight is 382 g/mol. The van der Waals surface area contributed by atoms with Crippen molar-refractivity contribution in [3.8, 4) is 0 Å². The first-order valence-corrected chi connectivity index (χ1v) is 9.85. The molecule has 134 valence electrons. The van der Waals surface area contributed by atoms with Gasteiger partial charge in [0.15, 0.2) is 4.32 Å². The molecule has 0 N–H and O–H groups in total. The predicted octanol–water partition coefficient (Wildman–Crippen LogP) is 6.01. The summed E-state index contributed by atoms with van der Waals surface area (Å²) < 4.78 is 0.579. The van der Waals surface area contributed by atoms with E-state index >= 15 is 0 Å². The number of hydrogen-bond donors (Lipinski definition) is 0. The first kappa shape index (κ1) is 18.9. The second-order valence-electron chi connectivity index (χ2n) is 7.66. The molecule has 1 fully saturated rings. The second kappa shape index (κ2) is 7.01. The minimum Gasteiger partial charge on any atom is -0.268 e. The van der Waals surface area contributed by atoms with Crippen LogP contribution in [-0.2, 0) is 10.2 Å². The quantitative estimate of drug-likeness (QED) is 0.469. The van der Waals surface area contributed by atoms with Crippen LogP contribution in [-0.4, -0.2) is 10.2 Å². The minimum absolute atomic E-state index is 0.0526. The third-order valence-electron chi connectivity index (χ3n) is 4.62. The Morgan fingerprint density at radius 1 is 1.00 bits per heavy atom. The largest absolute Gasteiger partial charge is 0.270 e. The molecule has 2 aromatic carbocycles. The number of nitrogens with zero attached hydrogens (tertiary/aromatic N) is 1. The van der Waals surface area contributed by atoms with Crippen LogP contribution in [0.1, 0.15) is 43.0 Å². The molecule has 2 aromatic rings. The van der Waals surface area contributed by atoms with Gasteiger partial charge in [0, 0.05) is 0 Å². The fourth-order valence-electron chi connectivity index (χ4n) is 2.79. The topological polar surface area (TPSA) is 20.3 Å². The first-order chi connectivity index (χ1) is 12.2. The summed E-state index contributed by atoms with van der Waals surface area (Å²) >= 11 is 6.83. The van der Waals surface area contributed by atoms with Gasteiger partial charge >= 0.3 is 0 Å². The van der Waals surface area contributed by atoms with Crippen LogP contribution in [0.4, 0.5) is 5.69 Å². The Bertz CT molecular complexity index is 905. The maximum absolute atomic E-state index is 12.9. The van der Waals surface area contributed by atoms with Gasteiger partial charge in [-0.05, 0) is 59.7 Å². The number of thiocarbonyl (C=S) groups is 1. The maximum Gasteiger partial charge on any atom is 0.270 e. The summed E-state index contributed by atoms with van der Waals surface area (Å²) in [4.78, 5) is 15.2. The molecule has 0 bridgehead atoms. The highest BCUT2D eigenvalue weighted by Crippen LogP contribution is 2.36. The molecule has 1 aliphatic heterocycles. The molecular formula is C22H23NOS2. The number of anilines is 1. The zero-order valence-corrected chi connectivity index (χ0v) is 17.4. The minimum atomic E-state index is -0.0526. The molecule has 4 heteroatoms. The standard InChI is InChI=1S/C22H23NOS2/c1-14-6-11-18(12-15(14)2)23-20(24)19(26-21(23)25)13-16-7-9-17(10-8-16)22(3,4)5/h6-13H,1-5H3/b19-13-. The fourth-order valence-corrected chi connectivity index (χ4v) is 4.08. The molecule has 0 aliphatic carbocycles. The van der Waals surface area contributed by atoms with E-state index in [-0.39, 0.29) is 11.3 Å². The summed E-state index contributed by atoms with van der Waals surface area (Å²) in [6.07, 6.45) is 1.92. The molecule has 1 heterocycles. The van der Waals surface area contributed by atoms with Crippen LogP contribution in [0.25, 0.3) is 6.08 Å². The highest BCUT2D eigenvalue weighted by molar-refractivity contribution is 8.27. The number of hydrogen-bond acceptors (Lipinski definition) is 3. The molecule has 1 aliphatic rings. The summed E-state index contributed by atoms with van der Waals surface area (Å²) in [5.41, 5.74) is 5.59. The van der Waals surface area contributed by atoms with Crippen LogP contribution in [0.2, 0.25) is 0 Å². The van der Waals surface area contributed by atoms with Crippen molar-refractivity contribution in [3.63, 3.8) is 0 Å². The van der Waals surface area contributed by atoms with E-state index < -0.39 is 0 Å². The summed E-state index contributed by atoms with van der Waals surface area (Å²) in [5, 5.41) is 0. The summed E-state index contributed by atoms with van der Waals surface area (Å²) in [6.45, 7) is 10.7. The van der Waals surface area contributed by atoms with Gasteiger partial charge in [0.1, 0.15) is 0 Å². The number of aryl methyl sites for hydroxylation is 2. The van der Waals surface area contributed by atoms with Gasteiger partial charge in [0.25, 0.3) is 5.91 Å². The summed E-state index contributed by atoms with van der Waals surface area (Å²) in [7, 11) is 0. The molecule has 0 unspecified atom stereocenters. The number of carbonyl (C=O) groups is 1. The smallest absolute Gasteiger partial charge is 0.268 e. The van der Waals surface area contributed by atoms with E-state index in [4.69, 9.17) is 12.2 Å². The van der Waals surface area contributed by atoms with E-state index in [1.54, 1.807) is 4.90 Å². The molecule has 1 saturated heterocycles. The Morgan fingerprint density at radius 2 is 1.65 bits per heavy atom. The van der Waals surface area contributed by atoms with Gasteiger partial charge in [0.2, 0.25) is 0 Å². The van der Waals surface area contributed by atoms with E-state index in [1.807, 2.05) is 31.2 Å². The Kier molecular flexibility index (Phi) is 5.09. The highest BCUT2D eigenvalue weighted by atomic mass is 32.2. The van der Waals surface area contributed by atoms with Crippen LogP contribution in [0, 0.1) is 13.8 Å². The van der Waals surface area contributed by atoms with Crippen molar-refractivity contribution in [3.05, 3.63) is 69.6 Å². The molecule has 3 rings (SSSR count). The molecule has 0 spiro atoms. The van der Waals surface area contributed by atoms with Crippen molar-refractivity contribution >= 4 is 46.0 Å². The van der Waals surface area contributed by atoms with Crippen molar-refractivity contribution in [2.45, 2.75) is 40.0 Å². The van der Waals surface area contributed by atoms with Crippen molar-refractivity contribution < 1.29 is 4.79 Å². The monoisotopic (exact) mass is 381 g/mol. The summed E-state index contributed by atoms with van der Waals surface area (Å²) in [6, 6.07) is 14.4. The van der Waals surface area contributed by atoms with Crippen LogP contribution >= 0.6 is 24.0 Å². The van der Waals surface area contributed by atoms with Gasteiger partial charge in [-0.3, -0.25) is 9.69 Å². The molecule has 0 saturated carbocycles. The lowest BCUT2D eigenvalue weighted by atomic mass is 9.87. The van der Waals surface area contributed by atoms with Crippen LogP contribution in [0.5, 0.6) is 0 Å². The zero-order valence-electron chi connectivity index (χ0n) is 15.8. The van der Waals surface area contributed by atoms with Gasteiger partial charge < -0.3 is 0 Å². The number of carbonyl (C=O) groups excluding carboxylic acids is 1. The van der Waals surface area contributed by atoms with E-state index in [9.17, 15) is 4.79 Å². The van der Waals surface area contributed by atoms with Gasteiger partial charge in [-0.2, -0.15) is 0 Å². The third kappa shape index (κ3) is 3.76. The van der Waals surface area contributed by atoms with E-state index in [2.05, 4.69) is 52.0 Å². The molecule has 1 amide bonds. The number of thioether (sulfide) groups is 1. The zero-order chi connectivity index (χ0) is 19.1. The van der Waals surface area contributed by atoms with E-state index in [0.29, 0.717) is 9.23 Å². The first-order valence-electron chi connectivity index (χ1n) is 8.62. The predicted molar refractivity (Wildman–Crippen MR) is 117 cm³/mol. The number of benzene rings is 2. The number of rotatable bonds is 2. The van der Waals surface area contributed by atoms with Crippen LogP contribution < -0.4 is 4.90 Å². The molecule has 0 radical (unpaired) electrons. The van der Waals surface area contributed by atoms with Gasteiger partial charge in [0.05, 0.1) is 10.6 Å². The molecule has 26 heavy (non-hydrogen) atoms. The molecule has 0 aromatic heterocycles. The maximum atomic E-state index is 12.9.